The second-order valence-corrected chi connectivity index (χ2v) is 4.19. The third-order valence-electron chi connectivity index (χ3n) is 1.50. The molecule has 0 saturated carbocycles. The Kier molecular flexibility index (Phi) is 2.21. The maximum absolute atomic E-state index is 12.3. The molecular weight excluding hydrogens is 180 g/mol. The van der Waals surface area contributed by atoms with Crippen molar-refractivity contribution in [1.82, 2.24) is 4.90 Å². The lowest BCUT2D eigenvalue weighted by atomic mass is 10.1. The zero-order valence-electron chi connectivity index (χ0n) is 7.93. The van der Waals surface area contributed by atoms with Crippen molar-refractivity contribution in [3.63, 3.8) is 0 Å². The first-order valence-corrected chi connectivity index (χ1v) is 4.05. The molecular formula is C8H13F2NO2. The van der Waals surface area contributed by atoms with Gasteiger partial charge in [0.2, 0.25) is 0 Å². The van der Waals surface area contributed by atoms with Crippen LogP contribution in [-0.4, -0.2) is 35.6 Å². The van der Waals surface area contributed by atoms with Gasteiger partial charge in [0, 0.05) is 0 Å². The third-order valence-corrected chi connectivity index (χ3v) is 1.50. The highest BCUT2D eigenvalue weighted by Gasteiger charge is 2.47. The van der Waals surface area contributed by atoms with E-state index in [1.165, 1.54) is 0 Å². The summed E-state index contributed by atoms with van der Waals surface area (Å²) in [6, 6.07) is 0. The number of likely N-dealkylation sites (tertiary alicyclic amines) is 1. The fourth-order valence-electron chi connectivity index (χ4n) is 0.968. The van der Waals surface area contributed by atoms with Crippen LogP contribution in [0, 0.1) is 0 Å². The van der Waals surface area contributed by atoms with Gasteiger partial charge in [-0.05, 0) is 20.8 Å². The summed E-state index contributed by atoms with van der Waals surface area (Å²) in [4.78, 5) is 12.1. The molecule has 0 aromatic heterocycles. The fourth-order valence-corrected chi connectivity index (χ4v) is 0.968. The van der Waals surface area contributed by atoms with Crippen LogP contribution in [0.1, 0.15) is 20.8 Å². The Morgan fingerprint density at radius 2 is 1.85 bits per heavy atom. The largest absolute Gasteiger partial charge is 0.444 e. The first-order chi connectivity index (χ1) is 5.70. The summed E-state index contributed by atoms with van der Waals surface area (Å²) in [7, 11) is 0. The van der Waals surface area contributed by atoms with Gasteiger partial charge >= 0.3 is 6.09 Å². The van der Waals surface area contributed by atoms with E-state index >= 15 is 0 Å². The summed E-state index contributed by atoms with van der Waals surface area (Å²) in [5.74, 6) is -2.73. The van der Waals surface area contributed by atoms with Gasteiger partial charge in [-0.3, -0.25) is 4.90 Å². The summed E-state index contributed by atoms with van der Waals surface area (Å²) >= 11 is 0. The molecule has 0 aliphatic carbocycles. The molecule has 0 unspecified atom stereocenters. The average Bonchev–Trinajstić information content (AvgIpc) is 1.77. The molecule has 13 heavy (non-hydrogen) atoms. The van der Waals surface area contributed by atoms with Gasteiger partial charge in [-0.25, -0.2) is 13.6 Å². The van der Waals surface area contributed by atoms with Crippen molar-refractivity contribution < 1.29 is 18.3 Å². The van der Waals surface area contributed by atoms with Crippen LogP contribution in [0.5, 0.6) is 0 Å². The number of rotatable bonds is 0. The highest BCUT2D eigenvalue weighted by atomic mass is 19.3. The molecule has 0 N–H and O–H groups in total. The third kappa shape index (κ3) is 2.82. The molecule has 0 radical (unpaired) electrons. The van der Waals surface area contributed by atoms with Crippen LogP contribution in [0.25, 0.3) is 0 Å². The predicted octanol–water partition coefficient (Wildman–Crippen LogP) is 1.87. The van der Waals surface area contributed by atoms with E-state index in [0.29, 0.717) is 0 Å². The summed E-state index contributed by atoms with van der Waals surface area (Å²) in [5, 5.41) is 0. The molecule has 3 nitrogen and oxygen atoms in total. The molecule has 1 rings (SSSR count). The number of carbonyl (C=O) groups excluding carboxylic acids is 1. The highest BCUT2D eigenvalue weighted by Crippen LogP contribution is 2.27. The number of carbonyl (C=O) groups is 1. The lowest BCUT2D eigenvalue weighted by Crippen LogP contribution is -2.59. The predicted molar refractivity (Wildman–Crippen MR) is 42.8 cm³/mol. The second-order valence-electron chi connectivity index (χ2n) is 4.19. The van der Waals surface area contributed by atoms with Gasteiger partial charge < -0.3 is 4.74 Å². The summed E-state index contributed by atoms with van der Waals surface area (Å²) < 4.78 is 29.6. The molecule has 1 saturated heterocycles. The van der Waals surface area contributed by atoms with E-state index in [1.54, 1.807) is 20.8 Å². The molecule has 5 heteroatoms. The number of halogens is 2. The van der Waals surface area contributed by atoms with Crippen LogP contribution >= 0.6 is 0 Å². The molecule has 0 aromatic carbocycles. The van der Waals surface area contributed by atoms with Crippen molar-refractivity contribution in [3.8, 4) is 0 Å². The van der Waals surface area contributed by atoms with Gasteiger partial charge in [-0.1, -0.05) is 0 Å². The van der Waals surface area contributed by atoms with E-state index in [0.717, 1.165) is 4.90 Å². The topological polar surface area (TPSA) is 29.5 Å². The summed E-state index contributed by atoms with van der Waals surface area (Å²) in [6.07, 6.45) is -0.668. The Labute approximate surface area is 75.7 Å². The van der Waals surface area contributed by atoms with Gasteiger partial charge in [0.05, 0.1) is 13.1 Å². The van der Waals surface area contributed by atoms with Gasteiger partial charge in [-0.15, -0.1) is 0 Å². The van der Waals surface area contributed by atoms with Crippen molar-refractivity contribution in [2.24, 2.45) is 0 Å². The Morgan fingerprint density at radius 1 is 1.38 bits per heavy atom. The van der Waals surface area contributed by atoms with Gasteiger partial charge in [0.1, 0.15) is 5.60 Å². The Morgan fingerprint density at radius 3 is 2.15 bits per heavy atom. The van der Waals surface area contributed by atoms with E-state index in [-0.39, 0.29) is 0 Å². The van der Waals surface area contributed by atoms with Crippen molar-refractivity contribution in [3.05, 3.63) is 0 Å². The van der Waals surface area contributed by atoms with Gasteiger partial charge in [0.25, 0.3) is 5.92 Å². The van der Waals surface area contributed by atoms with E-state index < -0.39 is 30.7 Å². The summed E-state index contributed by atoms with van der Waals surface area (Å²) in [6.45, 7) is 4.04. The van der Waals surface area contributed by atoms with Crippen LogP contribution in [-0.2, 0) is 4.74 Å². The molecule has 0 atom stereocenters. The number of amides is 1. The van der Waals surface area contributed by atoms with Crippen LogP contribution in [0.15, 0.2) is 0 Å². The SMILES string of the molecule is CC(C)(C)OC(=O)N1CC(F)(F)C1. The minimum absolute atomic E-state index is 0.526. The smallest absolute Gasteiger partial charge is 0.410 e. The van der Waals surface area contributed by atoms with Gasteiger partial charge in [0.15, 0.2) is 0 Å². The molecule has 1 aliphatic rings. The van der Waals surface area contributed by atoms with E-state index in [1.807, 2.05) is 0 Å². The van der Waals surface area contributed by atoms with E-state index in [9.17, 15) is 13.6 Å². The zero-order chi connectivity index (χ0) is 10.3. The minimum Gasteiger partial charge on any atom is -0.444 e. The molecule has 1 heterocycles. The molecule has 0 spiro atoms. The number of ether oxygens (including phenoxy) is 1. The monoisotopic (exact) mass is 193 g/mol. The first-order valence-electron chi connectivity index (χ1n) is 4.05. The minimum atomic E-state index is -2.73. The lowest BCUT2D eigenvalue weighted by Gasteiger charge is -2.39. The van der Waals surface area contributed by atoms with Crippen molar-refractivity contribution >= 4 is 6.09 Å². The first kappa shape index (κ1) is 10.2. The van der Waals surface area contributed by atoms with Crippen LogP contribution in [0.2, 0.25) is 0 Å². The van der Waals surface area contributed by atoms with Crippen LogP contribution < -0.4 is 0 Å². The maximum Gasteiger partial charge on any atom is 0.410 e. The normalized spacial score (nSPS) is 20.8. The lowest BCUT2D eigenvalue weighted by molar-refractivity contribution is -0.126. The second kappa shape index (κ2) is 2.82. The molecule has 0 aromatic rings. The summed E-state index contributed by atoms with van der Waals surface area (Å²) in [5.41, 5.74) is -0.623. The van der Waals surface area contributed by atoms with Crippen molar-refractivity contribution in [1.29, 1.82) is 0 Å². The van der Waals surface area contributed by atoms with Crippen LogP contribution in [0.3, 0.4) is 0 Å². The maximum atomic E-state index is 12.3. The van der Waals surface area contributed by atoms with E-state index in [2.05, 4.69) is 0 Å². The Balaban J connectivity index is 2.36. The quantitative estimate of drug-likeness (QED) is 0.587. The zero-order valence-corrected chi connectivity index (χ0v) is 7.93. The molecule has 0 bridgehead atoms. The number of nitrogens with zero attached hydrogens (tertiary/aromatic N) is 1. The molecule has 1 amide bonds. The Bertz CT molecular complexity index is 215. The number of alkyl halides is 2. The van der Waals surface area contributed by atoms with Gasteiger partial charge in [-0.2, -0.15) is 0 Å². The van der Waals surface area contributed by atoms with Crippen molar-refractivity contribution in [2.45, 2.75) is 32.3 Å². The van der Waals surface area contributed by atoms with Crippen molar-refractivity contribution in [2.75, 3.05) is 13.1 Å². The van der Waals surface area contributed by atoms with E-state index in [4.69, 9.17) is 4.74 Å². The van der Waals surface area contributed by atoms with Crippen LogP contribution in [0.4, 0.5) is 13.6 Å². The molecule has 76 valence electrons. The number of hydrogen-bond acceptors (Lipinski definition) is 2. The average molecular weight is 193 g/mol. The fraction of sp³-hybridized carbons (Fsp3) is 0.875. The highest BCUT2D eigenvalue weighted by molar-refractivity contribution is 5.69. The Hall–Kier alpha value is -0.870. The standard InChI is InChI=1S/C8H13F2NO2/c1-7(2,3)13-6(12)11-4-8(9,10)5-11/h4-5H2,1-3H3. The number of hydrogen-bond donors (Lipinski definition) is 0. The molecule has 1 aliphatic heterocycles. The molecule has 1 fully saturated rings.